The average molecular weight is 1070 g/mol. The summed E-state index contributed by atoms with van der Waals surface area (Å²) >= 11 is 7.58. The highest BCUT2D eigenvalue weighted by atomic mass is 35.5. The molecule has 0 radical (unpaired) electrons. The zero-order chi connectivity index (χ0) is 53.3. The van der Waals surface area contributed by atoms with Gasteiger partial charge in [0.2, 0.25) is 0 Å². The summed E-state index contributed by atoms with van der Waals surface area (Å²) in [6.45, 7) is 21.7. The molecule has 0 amide bonds. The van der Waals surface area contributed by atoms with Gasteiger partial charge in [0, 0.05) is 36.8 Å². The standard InChI is InChI=1S/C59H73ClO12Si2/c1-55(2,3)73(12,13)67-38-51-58(71-54(69-51)40-24-27-42(63-10)28-25-40)36-34-41-26-32-50-59(41,72-57(7,8)70-50)49(33-31-48(58)61)68-53-47(64-11)30-29-45(52(53)60)46(65-39-62-9)35-37-66-74(56(4,5)6,43-20-16-14-17-21-43)44-22-18-15-19-23-44/h14-30,46,48-51,54,61H,32,35,37-39H2,1-13H3/t46-,48-,49-,50-,51-,54-,58+,59-/m1/s1. The Hall–Kier alpha value is -4.50. The van der Waals surface area contributed by atoms with Crippen molar-refractivity contribution in [1.82, 2.24) is 0 Å². The molecule has 0 saturated carbocycles. The SMILES string of the molecule is COCO[C@H](CCO[Si](c1ccccc1)(c1ccccc1)C(C)(C)C)c1ccc(OC)c(O[C@@H]2C#C[C@@H](O)[C@]3(C#CC4=CC[C@H]5OC(C)(C)O[C@]425)O[C@H](c2ccc(OC)cc2)O[C@@H]3CO[Si](C)(C)C(C)(C)C)c1Cl. The van der Waals surface area contributed by atoms with E-state index in [0.29, 0.717) is 47.6 Å². The Morgan fingerprint density at radius 3 is 2.07 bits per heavy atom. The van der Waals surface area contributed by atoms with Gasteiger partial charge in [-0.05, 0) is 72.0 Å². The molecule has 0 unspecified atom stereocenters. The summed E-state index contributed by atoms with van der Waals surface area (Å²) in [5, 5.41) is 14.8. The van der Waals surface area contributed by atoms with E-state index in [2.05, 4.69) is 127 Å². The van der Waals surface area contributed by atoms with Gasteiger partial charge in [0.15, 0.2) is 55.3 Å². The number of benzene rings is 4. The van der Waals surface area contributed by atoms with E-state index in [9.17, 15) is 5.11 Å². The second-order valence-electron chi connectivity index (χ2n) is 22.3. The lowest BCUT2D eigenvalue weighted by atomic mass is 9.87. The maximum absolute atomic E-state index is 12.6. The molecule has 4 aromatic rings. The van der Waals surface area contributed by atoms with Crippen molar-refractivity contribution in [2.24, 2.45) is 0 Å². The quantitative estimate of drug-likeness (QED) is 0.0580. The minimum absolute atomic E-state index is 0.0128. The van der Waals surface area contributed by atoms with E-state index in [1.165, 1.54) is 10.4 Å². The second kappa shape index (κ2) is 21.9. The summed E-state index contributed by atoms with van der Waals surface area (Å²) in [7, 11) is -0.518. The van der Waals surface area contributed by atoms with Crippen molar-refractivity contribution >= 4 is 38.6 Å². The largest absolute Gasteiger partial charge is 0.497 e. The van der Waals surface area contributed by atoms with E-state index in [1.54, 1.807) is 27.4 Å². The highest BCUT2D eigenvalue weighted by Gasteiger charge is 2.64. The summed E-state index contributed by atoms with van der Waals surface area (Å²) < 4.78 is 71.8. The van der Waals surface area contributed by atoms with Crippen molar-refractivity contribution < 1.29 is 56.6 Å². The fourth-order valence-electron chi connectivity index (χ4n) is 10.2. The monoisotopic (exact) mass is 1060 g/mol. The predicted octanol–water partition coefficient (Wildman–Crippen LogP) is 10.2. The van der Waals surface area contributed by atoms with Crippen LogP contribution in [0.3, 0.4) is 0 Å². The van der Waals surface area contributed by atoms with Gasteiger partial charge in [-0.2, -0.15) is 0 Å². The minimum atomic E-state index is -2.90. The van der Waals surface area contributed by atoms with E-state index in [0.717, 1.165) is 0 Å². The van der Waals surface area contributed by atoms with Crippen LogP contribution in [0.5, 0.6) is 17.2 Å². The molecule has 2 aliphatic carbocycles. The van der Waals surface area contributed by atoms with Crippen LogP contribution in [0, 0.1) is 23.7 Å². The molecule has 15 heteroatoms. The molecule has 2 saturated heterocycles. The lowest BCUT2D eigenvalue weighted by Gasteiger charge is -2.43. The molecule has 8 atom stereocenters. The summed E-state index contributed by atoms with van der Waals surface area (Å²) in [6.07, 6.45) is -2.87. The average Bonchev–Trinajstić information content (AvgIpc) is 4.01. The molecule has 4 aromatic carbocycles. The van der Waals surface area contributed by atoms with Gasteiger partial charge >= 0.3 is 0 Å². The maximum Gasteiger partial charge on any atom is 0.261 e. The Morgan fingerprint density at radius 1 is 0.811 bits per heavy atom. The number of aliphatic hydroxyl groups is 1. The number of ether oxygens (including phenoxy) is 9. The molecule has 74 heavy (non-hydrogen) atoms. The minimum Gasteiger partial charge on any atom is -0.497 e. The van der Waals surface area contributed by atoms with Gasteiger partial charge in [-0.1, -0.05) is 162 Å². The first-order valence-corrected chi connectivity index (χ1v) is 30.6. The van der Waals surface area contributed by atoms with E-state index >= 15 is 0 Å². The first-order valence-electron chi connectivity index (χ1n) is 25.4. The molecule has 2 fully saturated rings. The van der Waals surface area contributed by atoms with Crippen LogP contribution in [-0.4, -0.2) is 104 Å². The molecule has 2 aliphatic heterocycles. The Bertz CT molecular complexity index is 2710. The first kappa shape index (κ1) is 55.7. The number of halogens is 1. The third-order valence-corrected chi connectivity index (χ3v) is 25.0. The highest BCUT2D eigenvalue weighted by Crippen LogP contribution is 2.53. The Morgan fingerprint density at radius 2 is 1.47 bits per heavy atom. The molecular weight excluding hydrogens is 992 g/mol. The van der Waals surface area contributed by atoms with Crippen LogP contribution in [0.2, 0.25) is 28.2 Å². The lowest BCUT2D eigenvalue weighted by molar-refractivity contribution is -0.166. The Kier molecular flexibility index (Phi) is 16.5. The van der Waals surface area contributed by atoms with Crippen molar-refractivity contribution in [3.63, 3.8) is 0 Å². The van der Waals surface area contributed by atoms with E-state index in [-0.39, 0.29) is 34.2 Å². The van der Waals surface area contributed by atoms with Crippen LogP contribution in [0.1, 0.15) is 91.8 Å². The second-order valence-corrected chi connectivity index (χ2v) is 31.8. The van der Waals surface area contributed by atoms with Crippen molar-refractivity contribution in [1.29, 1.82) is 0 Å². The van der Waals surface area contributed by atoms with Crippen LogP contribution in [-0.2, 0) is 37.3 Å². The molecule has 2 spiro atoms. The third kappa shape index (κ3) is 10.6. The normalized spacial score (nSPS) is 25.8. The first-order chi connectivity index (χ1) is 35.1. The molecule has 4 aliphatic rings. The summed E-state index contributed by atoms with van der Waals surface area (Å²) in [5.74, 6) is 13.4. The number of hydrogen-bond acceptors (Lipinski definition) is 12. The van der Waals surface area contributed by atoms with Crippen LogP contribution < -0.4 is 24.6 Å². The van der Waals surface area contributed by atoms with Crippen molar-refractivity contribution in [2.45, 2.75) is 145 Å². The molecule has 12 nitrogen and oxygen atoms in total. The van der Waals surface area contributed by atoms with Crippen molar-refractivity contribution in [3.05, 3.63) is 125 Å². The number of hydrogen-bond donors (Lipinski definition) is 1. The van der Waals surface area contributed by atoms with Gasteiger partial charge in [0.1, 0.15) is 24.8 Å². The van der Waals surface area contributed by atoms with Gasteiger partial charge in [-0.25, -0.2) is 0 Å². The van der Waals surface area contributed by atoms with E-state index in [4.69, 9.17) is 63.1 Å². The fraction of sp³-hybridized carbons (Fsp3) is 0.492. The van der Waals surface area contributed by atoms with Crippen LogP contribution in [0.4, 0.5) is 0 Å². The van der Waals surface area contributed by atoms with Gasteiger partial charge < -0.3 is 56.6 Å². The van der Waals surface area contributed by atoms with E-state index in [1.807, 2.05) is 62.4 Å². The molecule has 1 N–H and O–H groups in total. The number of methoxy groups -OCH3 is 3. The zero-order valence-corrected chi connectivity index (χ0v) is 47.9. The molecule has 396 valence electrons. The van der Waals surface area contributed by atoms with Gasteiger partial charge in [0.05, 0.1) is 32.0 Å². The zero-order valence-electron chi connectivity index (χ0n) is 45.1. The Labute approximate surface area is 445 Å². The van der Waals surface area contributed by atoms with Gasteiger partial charge in [0.25, 0.3) is 8.32 Å². The van der Waals surface area contributed by atoms with Gasteiger partial charge in [-0.3, -0.25) is 0 Å². The van der Waals surface area contributed by atoms with E-state index < -0.39 is 70.4 Å². The van der Waals surface area contributed by atoms with Crippen molar-refractivity contribution in [2.75, 3.05) is 41.3 Å². The van der Waals surface area contributed by atoms with Gasteiger partial charge in [-0.15, -0.1) is 0 Å². The summed E-state index contributed by atoms with van der Waals surface area (Å²) in [6, 6.07) is 32.1. The lowest BCUT2D eigenvalue weighted by Crippen LogP contribution is -2.66. The highest BCUT2D eigenvalue weighted by molar-refractivity contribution is 6.99. The molecule has 8 rings (SSSR count). The predicted molar refractivity (Wildman–Crippen MR) is 291 cm³/mol. The molecular formula is C59H73ClO12Si2. The molecule has 2 heterocycles. The number of rotatable bonds is 18. The summed E-state index contributed by atoms with van der Waals surface area (Å²) in [5.41, 5.74) is -1.21. The fourth-order valence-corrected chi connectivity index (χ4v) is 16.1. The molecule has 0 aromatic heterocycles. The molecule has 0 bridgehead atoms. The Balaban J connectivity index is 1.18. The van der Waals surface area contributed by atoms with Crippen molar-refractivity contribution in [3.8, 4) is 40.9 Å². The van der Waals surface area contributed by atoms with Crippen LogP contribution in [0.15, 0.2) is 109 Å². The number of aliphatic hydroxyl groups excluding tert-OH is 1. The maximum atomic E-state index is 12.6. The third-order valence-electron chi connectivity index (χ3n) is 15.1. The smallest absolute Gasteiger partial charge is 0.261 e. The summed E-state index contributed by atoms with van der Waals surface area (Å²) in [4.78, 5) is 0. The van der Waals surface area contributed by atoms with Crippen LogP contribution in [0.25, 0.3) is 0 Å². The topological polar surface area (TPSA) is 122 Å². The van der Waals surface area contributed by atoms with Crippen LogP contribution >= 0.6 is 11.6 Å².